The van der Waals surface area contributed by atoms with E-state index in [4.69, 9.17) is 47.4 Å². The Kier molecular flexibility index (Phi) is 15.7. The molecule has 14 N–H and O–H groups in total. The molecule has 9 fully saturated rings. The molecular formula is C50H80O24. The van der Waals surface area contributed by atoms with Crippen LogP contribution in [0.4, 0.5) is 0 Å². The molecule has 10 aliphatic rings. The predicted molar refractivity (Wildman–Crippen MR) is 245 cm³/mol. The van der Waals surface area contributed by atoms with Crippen LogP contribution in [-0.4, -0.2) is 250 Å². The number of hydrogen-bond donors (Lipinski definition) is 14. The van der Waals surface area contributed by atoms with Crippen LogP contribution in [0.1, 0.15) is 73.6 Å². The number of fused-ring (bicyclic) bond motifs is 7. The summed E-state index contributed by atoms with van der Waals surface area (Å²) in [7, 11) is 0. The van der Waals surface area contributed by atoms with Gasteiger partial charge in [-0.25, -0.2) is 0 Å². The van der Waals surface area contributed by atoms with Gasteiger partial charge in [0.05, 0.1) is 62.5 Å². The van der Waals surface area contributed by atoms with Gasteiger partial charge in [-0.3, -0.25) is 0 Å². The van der Waals surface area contributed by atoms with Gasteiger partial charge in [0.1, 0.15) is 85.5 Å². The molecule has 6 saturated heterocycles. The van der Waals surface area contributed by atoms with Crippen molar-refractivity contribution in [3.63, 3.8) is 0 Å². The fraction of sp³-hybridized carbons (Fsp3) is 0.960. The molecule has 0 aromatic carbocycles. The number of ether oxygens (including phenoxy) is 10. The zero-order valence-corrected chi connectivity index (χ0v) is 42.5. The number of allylic oxidation sites excluding steroid dienone is 1. The molecule has 3 saturated carbocycles. The minimum atomic E-state index is -1.86. The molecule has 0 aromatic rings. The molecule has 0 bridgehead atoms. The van der Waals surface area contributed by atoms with E-state index in [2.05, 4.69) is 13.0 Å². The molecule has 34 atom stereocenters. The Morgan fingerprint density at radius 1 is 0.608 bits per heavy atom. The van der Waals surface area contributed by atoms with Crippen molar-refractivity contribution in [2.24, 2.45) is 46.3 Å². The van der Waals surface area contributed by atoms with Gasteiger partial charge in [0, 0.05) is 35.0 Å². The van der Waals surface area contributed by atoms with E-state index in [9.17, 15) is 71.5 Å². The molecule has 6 aliphatic heterocycles. The van der Waals surface area contributed by atoms with Crippen molar-refractivity contribution >= 4 is 0 Å². The van der Waals surface area contributed by atoms with Gasteiger partial charge in [-0.1, -0.05) is 39.3 Å². The smallest absolute Gasteiger partial charge is 0.200 e. The maximum Gasteiger partial charge on any atom is 0.200 e. The summed E-state index contributed by atoms with van der Waals surface area (Å²) < 4.78 is 62.6. The third-order valence-electron chi connectivity index (χ3n) is 19.7. The highest BCUT2D eigenvalue weighted by Crippen LogP contribution is 2.71. The van der Waals surface area contributed by atoms with Crippen LogP contribution in [0.2, 0.25) is 0 Å². The molecule has 4 aliphatic carbocycles. The minimum Gasteiger partial charge on any atom is -0.394 e. The van der Waals surface area contributed by atoms with Gasteiger partial charge in [0.25, 0.3) is 0 Å². The highest BCUT2D eigenvalue weighted by Gasteiger charge is 2.74. The normalized spacial score (nSPS) is 59.6. The maximum atomic E-state index is 12.8. The van der Waals surface area contributed by atoms with E-state index in [0.29, 0.717) is 19.3 Å². The summed E-state index contributed by atoms with van der Waals surface area (Å²) in [5, 5.41) is 155. The summed E-state index contributed by atoms with van der Waals surface area (Å²) in [5.74, 6) is -3.28. The Morgan fingerprint density at radius 3 is 1.85 bits per heavy atom. The number of hydrogen-bond acceptors (Lipinski definition) is 24. The molecule has 10 rings (SSSR count). The van der Waals surface area contributed by atoms with Gasteiger partial charge in [0.15, 0.2) is 30.9 Å². The summed E-state index contributed by atoms with van der Waals surface area (Å²) >= 11 is 0. The minimum absolute atomic E-state index is 0.0464. The van der Waals surface area contributed by atoms with Gasteiger partial charge in [0.2, 0.25) is 0 Å². The average Bonchev–Trinajstić information content (AvgIpc) is 3.83. The molecule has 6 heterocycles. The molecule has 0 aromatic heterocycles. The summed E-state index contributed by atoms with van der Waals surface area (Å²) in [6.45, 7) is 9.69. The second kappa shape index (κ2) is 20.7. The molecule has 3 unspecified atom stereocenters. The Balaban J connectivity index is 0.927. The molecule has 74 heavy (non-hydrogen) atoms. The lowest BCUT2D eigenvalue weighted by molar-refractivity contribution is -0.393. The topological polar surface area (TPSA) is 376 Å². The van der Waals surface area contributed by atoms with E-state index in [1.54, 1.807) is 6.92 Å². The Hall–Kier alpha value is -1.22. The van der Waals surface area contributed by atoms with Crippen LogP contribution in [0, 0.1) is 46.3 Å². The predicted octanol–water partition coefficient (Wildman–Crippen LogP) is -4.41. The fourth-order valence-electron chi connectivity index (χ4n) is 15.4. The standard InChI is InChI=1S/C50H80O24/c1-16-14-66-50(43(64)40(16)71-45-38(62)35(59)31(55)18(3)67-45)17(2)30-26(74-50)11-23-22-8-7-20-9-21(52)10-29(48(20,5)24(22)12-28(54)49(23,30)6)70-47-42(73-46-39(63)36(60)32(56)19(4)68-46)41(34(58)27(13-51)69-47)72-44-37(61)33(57)25(53)15-65-44/h7,16-19,21-47,51-64H,8-15H2,1-6H3/t16-,17?,18-,19+,21-,22+,23+,24+,25-,26?,27-,28-,29-,30?,31+,32+,33+,34-,35+,36-,37-,38-,39-,40+,41+,42-,43+,44+,45+,46+,47+,48+,49-,50+/m1/s1. The van der Waals surface area contributed by atoms with E-state index in [1.165, 1.54) is 6.92 Å². The van der Waals surface area contributed by atoms with Crippen molar-refractivity contribution in [3.8, 4) is 0 Å². The van der Waals surface area contributed by atoms with E-state index < -0.39 is 195 Å². The molecule has 424 valence electrons. The number of aliphatic hydroxyl groups is 14. The van der Waals surface area contributed by atoms with Crippen molar-refractivity contribution in [1.82, 2.24) is 0 Å². The first kappa shape index (κ1) is 56.1. The summed E-state index contributed by atoms with van der Waals surface area (Å²) in [4.78, 5) is 0. The van der Waals surface area contributed by atoms with Crippen LogP contribution in [-0.2, 0) is 47.4 Å². The zero-order valence-electron chi connectivity index (χ0n) is 42.5. The second-order valence-corrected chi connectivity index (χ2v) is 23.8. The summed E-state index contributed by atoms with van der Waals surface area (Å²) in [6, 6.07) is 0. The third-order valence-corrected chi connectivity index (χ3v) is 19.7. The first-order valence-electron chi connectivity index (χ1n) is 26.6. The highest BCUT2D eigenvalue weighted by atomic mass is 16.8. The SMILES string of the molecule is CC1C2C(C[C@H]3[C@@H]4CC=C5C[C@@H](O)C[C@@H](O[C@@H]6O[C@H](CO)[C@@H](O)[C@H](O[C@@H]7OC[C@@H](O)[C@H](O)[C@H]7O)[C@H]6O[C@@H]6O[C@@H](C)[C@H](O)[C@@H](O)[C@H]6O)[C@]5(C)[C@H]4C[C@@H](O)[C@]23C)O[C@@]12OC[C@@H](C)[C@H](O[C@@H]1O[C@H](C)[C@H](O)[C@H](O)[C@H]1O)[C@@H]2O. The van der Waals surface area contributed by atoms with Gasteiger partial charge < -0.3 is 119 Å². The highest BCUT2D eigenvalue weighted by molar-refractivity contribution is 5.30. The molecule has 0 radical (unpaired) electrons. The number of rotatable bonds is 9. The fourth-order valence-corrected chi connectivity index (χ4v) is 15.4. The van der Waals surface area contributed by atoms with Crippen LogP contribution in [0.3, 0.4) is 0 Å². The van der Waals surface area contributed by atoms with Crippen molar-refractivity contribution in [3.05, 3.63) is 11.6 Å². The van der Waals surface area contributed by atoms with Crippen molar-refractivity contribution < 1.29 is 119 Å². The first-order chi connectivity index (χ1) is 34.9. The van der Waals surface area contributed by atoms with Crippen LogP contribution in [0.15, 0.2) is 11.6 Å². The van der Waals surface area contributed by atoms with Crippen molar-refractivity contribution in [2.45, 2.75) is 233 Å². The summed E-state index contributed by atoms with van der Waals surface area (Å²) in [5.41, 5.74) is -0.807. The molecule has 1 spiro atoms. The Bertz CT molecular complexity index is 2010. The lowest BCUT2D eigenvalue weighted by atomic mass is 9.45. The quantitative estimate of drug-likeness (QED) is 0.0970. The Morgan fingerprint density at radius 2 is 1.22 bits per heavy atom. The second-order valence-electron chi connectivity index (χ2n) is 23.8. The van der Waals surface area contributed by atoms with Crippen LogP contribution < -0.4 is 0 Å². The first-order valence-corrected chi connectivity index (χ1v) is 26.6. The van der Waals surface area contributed by atoms with Crippen molar-refractivity contribution in [2.75, 3.05) is 19.8 Å². The lowest BCUT2D eigenvalue weighted by Crippen LogP contribution is -2.67. The molecule has 24 nitrogen and oxygen atoms in total. The van der Waals surface area contributed by atoms with E-state index in [0.717, 1.165) is 5.57 Å². The van der Waals surface area contributed by atoms with Crippen LogP contribution in [0.5, 0.6) is 0 Å². The van der Waals surface area contributed by atoms with Gasteiger partial charge in [-0.05, 0) is 57.3 Å². The largest absolute Gasteiger partial charge is 0.394 e. The van der Waals surface area contributed by atoms with Crippen molar-refractivity contribution in [1.29, 1.82) is 0 Å². The van der Waals surface area contributed by atoms with Crippen LogP contribution >= 0.6 is 0 Å². The van der Waals surface area contributed by atoms with Gasteiger partial charge >= 0.3 is 0 Å². The van der Waals surface area contributed by atoms with E-state index in [1.807, 2.05) is 20.8 Å². The number of aliphatic hydroxyl groups excluding tert-OH is 14. The summed E-state index contributed by atoms with van der Waals surface area (Å²) in [6.07, 6.45) is -31.2. The van der Waals surface area contributed by atoms with E-state index >= 15 is 0 Å². The average molecular weight is 1070 g/mol. The van der Waals surface area contributed by atoms with E-state index in [-0.39, 0.29) is 43.1 Å². The zero-order chi connectivity index (χ0) is 53.4. The molecule has 0 amide bonds. The Labute approximate surface area is 428 Å². The monoisotopic (exact) mass is 1060 g/mol. The lowest BCUT2D eigenvalue weighted by Gasteiger charge is -2.62. The van der Waals surface area contributed by atoms with Crippen LogP contribution in [0.25, 0.3) is 0 Å². The maximum absolute atomic E-state index is 12.8. The molecule has 24 heteroatoms. The third kappa shape index (κ3) is 8.81. The molecular weight excluding hydrogens is 985 g/mol. The van der Waals surface area contributed by atoms with Gasteiger partial charge in [-0.2, -0.15) is 0 Å². The van der Waals surface area contributed by atoms with Gasteiger partial charge in [-0.15, -0.1) is 0 Å².